The van der Waals surface area contributed by atoms with Gasteiger partial charge in [0.1, 0.15) is 11.8 Å². The first-order valence-corrected chi connectivity index (χ1v) is 13.5. The maximum absolute atomic E-state index is 13.3. The summed E-state index contributed by atoms with van der Waals surface area (Å²) in [5.41, 5.74) is 2.33. The highest BCUT2D eigenvalue weighted by atomic mass is 79.9. The van der Waals surface area contributed by atoms with Gasteiger partial charge in [0.05, 0.1) is 4.47 Å². The first-order chi connectivity index (χ1) is 16.6. The summed E-state index contributed by atoms with van der Waals surface area (Å²) in [5, 5.41) is 3.17. The fourth-order valence-electron chi connectivity index (χ4n) is 4.45. The highest BCUT2D eigenvalue weighted by molar-refractivity contribution is 9.10. The van der Waals surface area contributed by atoms with Crippen molar-refractivity contribution in [3.05, 3.63) is 64.1 Å². The second-order valence-corrected chi connectivity index (χ2v) is 11.4. The van der Waals surface area contributed by atoms with Gasteiger partial charge in [0.15, 0.2) is 6.61 Å². The lowest BCUT2D eigenvalue weighted by molar-refractivity contribution is -0.141. The lowest BCUT2D eigenvalue weighted by Crippen LogP contribution is -2.52. The fourth-order valence-corrected chi connectivity index (χ4v) is 4.94. The predicted octanol–water partition coefficient (Wildman–Crippen LogP) is 6.03. The van der Waals surface area contributed by atoms with Gasteiger partial charge >= 0.3 is 0 Å². The Bertz CT molecular complexity index is 981. The Morgan fingerprint density at radius 3 is 2.40 bits per heavy atom. The van der Waals surface area contributed by atoms with Crippen molar-refractivity contribution in [2.75, 3.05) is 13.2 Å². The normalized spacial score (nSPS) is 15.3. The van der Waals surface area contributed by atoms with Crippen molar-refractivity contribution in [1.82, 2.24) is 10.2 Å². The van der Waals surface area contributed by atoms with Crippen LogP contribution < -0.4 is 10.1 Å². The van der Waals surface area contributed by atoms with E-state index in [2.05, 4.69) is 42.0 Å². The highest BCUT2D eigenvalue weighted by Crippen LogP contribution is 2.31. The molecular weight excluding hydrogens is 504 g/mol. The summed E-state index contributed by atoms with van der Waals surface area (Å²) in [6, 6.07) is 15.6. The zero-order chi connectivity index (χ0) is 25.4. The molecule has 0 spiro atoms. The van der Waals surface area contributed by atoms with Crippen LogP contribution in [0.25, 0.3) is 0 Å². The quantitative estimate of drug-likeness (QED) is 0.420. The highest BCUT2D eigenvalue weighted by Gasteiger charge is 2.28. The van der Waals surface area contributed by atoms with Crippen LogP contribution in [0.2, 0.25) is 0 Å². The summed E-state index contributed by atoms with van der Waals surface area (Å²) >= 11 is 3.58. The molecule has 0 unspecified atom stereocenters. The Morgan fingerprint density at radius 2 is 1.77 bits per heavy atom. The predicted molar refractivity (Wildman–Crippen MR) is 145 cm³/mol. The van der Waals surface area contributed by atoms with Gasteiger partial charge in [-0.15, -0.1) is 0 Å². The summed E-state index contributed by atoms with van der Waals surface area (Å²) < 4.78 is 6.73. The van der Waals surface area contributed by atoms with E-state index in [0.717, 1.165) is 35.7 Å². The van der Waals surface area contributed by atoms with Gasteiger partial charge < -0.3 is 15.0 Å². The molecule has 2 aromatic rings. The van der Waals surface area contributed by atoms with E-state index in [0.29, 0.717) is 18.7 Å². The molecule has 0 bridgehead atoms. The molecule has 1 aliphatic rings. The van der Waals surface area contributed by atoms with E-state index in [1.54, 1.807) is 4.90 Å². The van der Waals surface area contributed by atoms with Gasteiger partial charge in [-0.3, -0.25) is 9.59 Å². The smallest absolute Gasteiger partial charge is 0.261 e. The molecular formula is C29H39BrN2O3. The number of amides is 2. The number of nitrogens with zero attached hydrogens (tertiary/aromatic N) is 1. The molecule has 1 saturated carbocycles. The van der Waals surface area contributed by atoms with Gasteiger partial charge in [-0.25, -0.2) is 0 Å². The Labute approximate surface area is 218 Å². The Balaban J connectivity index is 1.68. The molecule has 0 radical (unpaired) electrons. The number of halogens is 1. The van der Waals surface area contributed by atoms with Gasteiger partial charge in [-0.2, -0.15) is 0 Å². The topological polar surface area (TPSA) is 58.6 Å². The number of rotatable bonds is 9. The summed E-state index contributed by atoms with van der Waals surface area (Å²) in [6.07, 6.45) is 6.22. The van der Waals surface area contributed by atoms with Crippen molar-refractivity contribution >= 4 is 27.7 Å². The van der Waals surface area contributed by atoms with Crippen LogP contribution in [0.3, 0.4) is 0 Å². The third-order valence-electron chi connectivity index (χ3n) is 6.75. The number of carbonyl (C=O) groups is 2. The minimum absolute atomic E-state index is 0.0201. The second kappa shape index (κ2) is 12.6. The minimum atomic E-state index is -0.566. The molecule has 2 aromatic carbocycles. The second-order valence-electron chi connectivity index (χ2n) is 10.5. The van der Waals surface area contributed by atoms with Crippen molar-refractivity contribution in [2.45, 2.75) is 83.7 Å². The first kappa shape index (κ1) is 27.3. The molecule has 0 saturated heterocycles. The van der Waals surface area contributed by atoms with Crippen molar-refractivity contribution in [3.8, 4) is 5.75 Å². The van der Waals surface area contributed by atoms with Gasteiger partial charge in [-0.1, -0.05) is 76.4 Å². The van der Waals surface area contributed by atoms with Crippen LogP contribution in [-0.4, -0.2) is 41.9 Å². The maximum Gasteiger partial charge on any atom is 0.261 e. The zero-order valence-electron chi connectivity index (χ0n) is 21.5. The minimum Gasteiger partial charge on any atom is -0.483 e. The molecule has 1 atom stereocenters. The Hall–Kier alpha value is -2.34. The van der Waals surface area contributed by atoms with Crippen LogP contribution in [0.4, 0.5) is 0 Å². The molecule has 1 aliphatic carbocycles. The number of hydrogen-bond acceptors (Lipinski definition) is 3. The molecule has 190 valence electrons. The standard InChI is InChI=1S/C29H39BrN2O3/c1-21(28(34)31-24-13-9-6-10-14-24)32(18-17-22-11-7-5-8-12-22)27(33)20-35-26-16-15-23(19-25(26)30)29(2,3)4/h5,7-8,11-12,15-16,19,21,24H,6,9-10,13-14,17-18,20H2,1-4H3,(H,31,34)/t21-/m1/s1. The third-order valence-corrected chi connectivity index (χ3v) is 7.37. The molecule has 3 rings (SSSR count). The van der Waals surface area contributed by atoms with Crippen molar-refractivity contribution in [1.29, 1.82) is 0 Å². The van der Waals surface area contributed by atoms with Gasteiger partial charge in [0.25, 0.3) is 5.91 Å². The third kappa shape index (κ3) is 8.09. The van der Waals surface area contributed by atoms with Crippen LogP contribution in [0.15, 0.2) is 53.0 Å². The molecule has 6 heteroatoms. The number of benzene rings is 2. The van der Waals surface area contributed by atoms with Gasteiger partial charge in [0.2, 0.25) is 5.91 Å². The molecule has 0 aliphatic heterocycles. The van der Waals surface area contributed by atoms with Crippen LogP contribution in [0.1, 0.15) is 70.9 Å². The molecule has 5 nitrogen and oxygen atoms in total. The van der Waals surface area contributed by atoms with E-state index in [1.807, 2.05) is 55.5 Å². The monoisotopic (exact) mass is 542 g/mol. The van der Waals surface area contributed by atoms with E-state index in [1.165, 1.54) is 12.0 Å². The van der Waals surface area contributed by atoms with E-state index in [-0.39, 0.29) is 29.9 Å². The average Bonchev–Trinajstić information content (AvgIpc) is 2.84. The molecule has 0 heterocycles. The van der Waals surface area contributed by atoms with Crippen LogP contribution in [-0.2, 0) is 21.4 Å². The maximum atomic E-state index is 13.3. The number of hydrogen-bond donors (Lipinski definition) is 1. The number of ether oxygens (including phenoxy) is 1. The van der Waals surface area contributed by atoms with E-state index in [4.69, 9.17) is 4.74 Å². The van der Waals surface area contributed by atoms with E-state index >= 15 is 0 Å². The van der Waals surface area contributed by atoms with Crippen molar-refractivity contribution in [2.24, 2.45) is 0 Å². The molecule has 35 heavy (non-hydrogen) atoms. The first-order valence-electron chi connectivity index (χ1n) is 12.7. The molecule has 0 aromatic heterocycles. The van der Waals surface area contributed by atoms with Gasteiger partial charge in [-0.05, 0) is 70.8 Å². The lowest BCUT2D eigenvalue weighted by atomic mass is 9.87. The van der Waals surface area contributed by atoms with Gasteiger partial charge in [0, 0.05) is 12.6 Å². The lowest BCUT2D eigenvalue weighted by Gasteiger charge is -2.31. The number of carbonyl (C=O) groups excluding carboxylic acids is 2. The summed E-state index contributed by atoms with van der Waals surface area (Å²) in [6.45, 7) is 8.61. The number of nitrogens with one attached hydrogen (secondary N) is 1. The summed E-state index contributed by atoms with van der Waals surface area (Å²) in [4.78, 5) is 28.0. The van der Waals surface area contributed by atoms with Crippen LogP contribution >= 0.6 is 15.9 Å². The van der Waals surface area contributed by atoms with E-state index < -0.39 is 6.04 Å². The SMILES string of the molecule is C[C@H](C(=O)NC1CCCCC1)N(CCc1ccccc1)C(=O)COc1ccc(C(C)(C)C)cc1Br. The largest absolute Gasteiger partial charge is 0.483 e. The average molecular weight is 544 g/mol. The molecule has 1 N–H and O–H groups in total. The van der Waals surface area contributed by atoms with Crippen molar-refractivity contribution in [3.63, 3.8) is 0 Å². The van der Waals surface area contributed by atoms with E-state index in [9.17, 15) is 9.59 Å². The summed E-state index contributed by atoms with van der Waals surface area (Å²) in [7, 11) is 0. The Morgan fingerprint density at radius 1 is 1.09 bits per heavy atom. The fraction of sp³-hybridized carbons (Fsp3) is 0.517. The Kier molecular flexibility index (Phi) is 9.79. The van der Waals surface area contributed by atoms with Crippen LogP contribution in [0.5, 0.6) is 5.75 Å². The van der Waals surface area contributed by atoms with Crippen LogP contribution in [0, 0.1) is 0 Å². The molecule has 1 fully saturated rings. The van der Waals surface area contributed by atoms with Crippen molar-refractivity contribution < 1.29 is 14.3 Å². The zero-order valence-corrected chi connectivity index (χ0v) is 23.1. The molecule has 2 amide bonds. The summed E-state index contributed by atoms with van der Waals surface area (Å²) in [5.74, 6) is 0.335.